The number of rotatable bonds is 6. The van der Waals surface area contributed by atoms with E-state index in [9.17, 15) is 4.79 Å². The van der Waals surface area contributed by atoms with Crippen molar-refractivity contribution in [3.05, 3.63) is 81.9 Å². The lowest BCUT2D eigenvalue weighted by Crippen LogP contribution is -2.36. The lowest BCUT2D eigenvalue weighted by molar-refractivity contribution is 0.122. The molecule has 8 nitrogen and oxygen atoms in total. The Bertz CT molecular complexity index is 1590. The molecule has 3 N–H and O–H groups in total. The predicted molar refractivity (Wildman–Crippen MR) is 144 cm³/mol. The van der Waals surface area contributed by atoms with Crippen LogP contribution in [0.1, 0.15) is 5.56 Å². The third kappa shape index (κ3) is 4.41. The van der Waals surface area contributed by atoms with E-state index in [0.717, 1.165) is 60.4 Å². The number of nitrogens with zero attached hydrogens (tertiary/aromatic N) is 3. The van der Waals surface area contributed by atoms with Crippen molar-refractivity contribution in [3.8, 4) is 11.4 Å². The molecule has 0 amide bonds. The standard InChI is InChI=1S/C27H25ClN6O2/c28-18-1-3-21-20(15-18)25(30-10-7-17-5-8-29-9-6-17)24(27(35)33-21)26-31-22-4-2-19(16-23(22)32-26)34-11-13-36-14-12-34/h1-6,8-9,15-16H,7,10-14H2,(H,31,32)(H2,30,33,35). The molecule has 2 aromatic carbocycles. The summed E-state index contributed by atoms with van der Waals surface area (Å²) in [7, 11) is 0. The van der Waals surface area contributed by atoms with Crippen molar-refractivity contribution in [1.82, 2.24) is 19.9 Å². The molecule has 9 heteroatoms. The molecule has 1 aliphatic rings. The van der Waals surface area contributed by atoms with E-state index < -0.39 is 0 Å². The zero-order valence-corrected chi connectivity index (χ0v) is 20.3. The van der Waals surface area contributed by atoms with Crippen molar-refractivity contribution in [2.24, 2.45) is 0 Å². The van der Waals surface area contributed by atoms with E-state index >= 15 is 0 Å². The number of fused-ring (bicyclic) bond motifs is 2. The van der Waals surface area contributed by atoms with E-state index in [0.29, 0.717) is 34.2 Å². The Labute approximate surface area is 212 Å². The fraction of sp³-hybridized carbons (Fsp3) is 0.222. The highest BCUT2D eigenvalue weighted by Crippen LogP contribution is 2.33. The number of halogens is 1. The van der Waals surface area contributed by atoms with Gasteiger partial charge in [-0.3, -0.25) is 9.78 Å². The molecule has 0 spiro atoms. The number of aromatic nitrogens is 4. The van der Waals surface area contributed by atoms with E-state index in [1.807, 2.05) is 30.3 Å². The first-order chi connectivity index (χ1) is 17.7. The fourth-order valence-electron chi connectivity index (χ4n) is 4.69. The smallest absolute Gasteiger partial charge is 0.261 e. The number of morpholine rings is 1. The normalized spacial score (nSPS) is 14.0. The molecule has 0 aliphatic carbocycles. The Morgan fingerprint density at radius 1 is 1.00 bits per heavy atom. The van der Waals surface area contributed by atoms with Crippen LogP contribution in [0.5, 0.6) is 0 Å². The Balaban J connectivity index is 1.42. The molecule has 0 saturated carbocycles. The fourth-order valence-corrected chi connectivity index (χ4v) is 4.86. The summed E-state index contributed by atoms with van der Waals surface area (Å²) in [5.74, 6) is 0.513. The molecule has 5 aromatic rings. The van der Waals surface area contributed by atoms with E-state index in [1.165, 1.54) is 0 Å². The minimum Gasteiger partial charge on any atom is -0.383 e. The van der Waals surface area contributed by atoms with Crippen LogP contribution in [0.15, 0.2) is 65.7 Å². The molecule has 0 bridgehead atoms. The van der Waals surface area contributed by atoms with Crippen LogP contribution in [0.25, 0.3) is 33.3 Å². The van der Waals surface area contributed by atoms with E-state index in [1.54, 1.807) is 18.5 Å². The summed E-state index contributed by atoms with van der Waals surface area (Å²) in [6.07, 6.45) is 4.34. The van der Waals surface area contributed by atoms with Crippen molar-refractivity contribution in [2.75, 3.05) is 43.1 Å². The molecule has 1 fully saturated rings. The van der Waals surface area contributed by atoms with Gasteiger partial charge in [0.2, 0.25) is 0 Å². The van der Waals surface area contributed by atoms with E-state index in [4.69, 9.17) is 21.3 Å². The molecule has 3 aromatic heterocycles. The molecule has 1 aliphatic heterocycles. The van der Waals surface area contributed by atoms with Gasteiger partial charge < -0.3 is 24.9 Å². The van der Waals surface area contributed by atoms with Crippen molar-refractivity contribution >= 4 is 44.9 Å². The molecule has 0 unspecified atom stereocenters. The van der Waals surface area contributed by atoms with Crippen LogP contribution in [0, 0.1) is 0 Å². The number of hydrogen-bond acceptors (Lipinski definition) is 6. The van der Waals surface area contributed by atoms with Crippen LogP contribution in [-0.4, -0.2) is 52.8 Å². The molecule has 6 rings (SSSR count). The first-order valence-corrected chi connectivity index (χ1v) is 12.3. The zero-order valence-electron chi connectivity index (χ0n) is 19.6. The predicted octanol–water partition coefficient (Wildman–Crippen LogP) is 4.61. The quantitative estimate of drug-likeness (QED) is 0.315. The molecule has 36 heavy (non-hydrogen) atoms. The number of hydrogen-bond donors (Lipinski definition) is 3. The summed E-state index contributed by atoms with van der Waals surface area (Å²) in [6.45, 7) is 3.77. The van der Waals surface area contributed by atoms with E-state index in [-0.39, 0.29) is 5.56 Å². The van der Waals surface area contributed by atoms with Gasteiger partial charge in [0.1, 0.15) is 11.4 Å². The van der Waals surface area contributed by atoms with Gasteiger partial charge >= 0.3 is 0 Å². The van der Waals surface area contributed by atoms with Crippen molar-refractivity contribution in [1.29, 1.82) is 0 Å². The molecule has 0 radical (unpaired) electrons. The lowest BCUT2D eigenvalue weighted by atomic mass is 10.1. The highest BCUT2D eigenvalue weighted by molar-refractivity contribution is 6.31. The van der Waals surface area contributed by atoms with Gasteiger partial charge in [-0.2, -0.15) is 0 Å². The van der Waals surface area contributed by atoms with Crippen LogP contribution in [0.2, 0.25) is 5.02 Å². The molecular formula is C27H25ClN6O2. The van der Waals surface area contributed by atoms with Crippen molar-refractivity contribution in [3.63, 3.8) is 0 Å². The monoisotopic (exact) mass is 500 g/mol. The molecular weight excluding hydrogens is 476 g/mol. The molecule has 0 atom stereocenters. The highest BCUT2D eigenvalue weighted by Gasteiger charge is 2.19. The number of anilines is 2. The maximum Gasteiger partial charge on any atom is 0.261 e. The van der Waals surface area contributed by atoms with Crippen LogP contribution in [0.4, 0.5) is 11.4 Å². The summed E-state index contributed by atoms with van der Waals surface area (Å²) in [4.78, 5) is 30.9. The third-order valence-corrected chi connectivity index (χ3v) is 6.75. The maximum atomic E-state index is 13.3. The third-order valence-electron chi connectivity index (χ3n) is 6.52. The lowest BCUT2D eigenvalue weighted by Gasteiger charge is -2.28. The summed E-state index contributed by atoms with van der Waals surface area (Å²) >= 11 is 6.35. The Kier molecular flexibility index (Phi) is 6.04. The summed E-state index contributed by atoms with van der Waals surface area (Å²) in [5, 5.41) is 4.93. The van der Waals surface area contributed by atoms with Gasteiger partial charge in [-0.05, 0) is 60.5 Å². The molecule has 1 saturated heterocycles. The summed E-state index contributed by atoms with van der Waals surface area (Å²) in [5.41, 5.74) is 5.61. The summed E-state index contributed by atoms with van der Waals surface area (Å²) < 4.78 is 5.48. The van der Waals surface area contributed by atoms with E-state index in [2.05, 4.69) is 37.3 Å². The first-order valence-electron chi connectivity index (χ1n) is 12.0. The SMILES string of the molecule is O=c1[nH]c2ccc(Cl)cc2c(NCCc2ccncc2)c1-c1nc2ccc(N3CCOCC3)cc2[nH]1. The first kappa shape index (κ1) is 22.6. The summed E-state index contributed by atoms with van der Waals surface area (Å²) in [6, 6.07) is 15.6. The second kappa shape index (κ2) is 9.64. The van der Waals surface area contributed by atoms with Gasteiger partial charge in [0.25, 0.3) is 5.56 Å². The van der Waals surface area contributed by atoms with Gasteiger partial charge in [0, 0.05) is 48.1 Å². The second-order valence-corrected chi connectivity index (χ2v) is 9.25. The van der Waals surface area contributed by atoms with Crippen LogP contribution >= 0.6 is 11.6 Å². The second-order valence-electron chi connectivity index (χ2n) is 8.81. The van der Waals surface area contributed by atoms with Gasteiger partial charge in [0.15, 0.2) is 0 Å². The van der Waals surface area contributed by atoms with Gasteiger partial charge in [-0.15, -0.1) is 0 Å². The number of pyridine rings is 2. The average molecular weight is 501 g/mol. The number of aromatic amines is 2. The van der Waals surface area contributed by atoms with Crippen molar-refractivity contribution in [2.45, 2.75) is 6.42 Å². The Hall–Kier alpha value is -3.88. The van der Waals surface area contributed by atoms with Crippen molar-refractivity contribution < 1.29 is 4.74 Å². The maximum absolute atomic E-state index is 13.3. The Morgan fingerprint density at radius 2 is 1.83 bits per heavy atom. The van der Waals surface area contributed by atoms with Gasteiger partial charge in [0.05, 0.1) is 35.5 Å². The van der Waals surface area contributed by atoms with Crippen LogP contribution in [-0.2, 0) is 11.2 Å². The largest absolute Gasteiger partial charge is 0.383 e. The van der Waals surface area contributed by atoms with Crippen LogP contribution in [0.3, 0.4) is 0 Å². The minimum absolute atomic E-state index is 0.219. The van der Waals surface area contributed by atoms with Gasteiger partial charge in [-0.25, -0.2) is 4.98 Å². The van der Waals surface area contributed by atoms with Crippen LogP contribution < -0.4 is 15.8 Å². The molecule has 182 valence electrons. The number of benzene rings is 2. The average Bonchev–Trinajstić information content (AvgIpc) is 3.33. The van der Waals surface area contributed by atoms with Gasteiger partial charge in [-0.1, -0.05) is 11.6 Å². The highest BCUT2D eigenvalue weighted by atomic mass is 35.5. The topological polar surface area (TPSA) is 98.9 Å². The minimum atomic E-state index is -0.219. The zero-order chi connectivity index (χ0) is 24.5. The molecule has 4 heterocycles. The number of H-pyrrole nitrogens is 2. The Morgan fingerprint density at radius 3 is 2.67 bits per heavy atom. The number of imidazole rings is 1. The number of ether oxygens (including phenoxy) is 1. The number of nitrogens with one attached hydrogen (secondary N) is 3.